The van der Waals surface area contributed by atoms with Crippen molar-refractivity contribution in [1.29, 1.82) is 0 Å². The first-order chi connectivity index (χ1) is 9.13. The first-order valence-electron chi connectivity index (χ1n) is 6.93. The van der Waals surface area contributed by atoms with E-state index < -0.39 is 0 Å². The number of hydrogen-bond donors (Lipinski definition) is 1. The zero-order valence-electron chi connectivity index (χ0n) is 11.5. The summed E-state index contributed by atoms with van der Waals surface area (Å²) in [5.74, 6) is 1.04. The van der Waals surface area contributed by atoms with Gasteiger partial charge in [-0.15, -0.1) is 0 Å². The number of nitrogens with zero attached hydrogens (tertiary/aromatic N) is 1. The summed E-state index contributed by atoms with van der Waals surface area (Å²) >= 11 is 0. The van der Waals surface area contributed by atoms with Crippen LogP contribution in [-0.4, -0.2) is 5.16 Å². The second-order valence-electron chi connectivity index (χ2n) is 5.92. The Balaban J connectivity index is 2.03. The second-order valence-corrected chi connectivity index (χ2v) is 5.92. The highest BCUT2D eigenvalue weighted by atomic mass is 16.5. The van der Waals surface area contributed by atoms with Crippen molar-refractivity contribution in [2.75, 3.05) is 5.73 Å². The number of aromatic nitrogens is 1. The summed E-state index contributed by atoms with van der Waals surface area (Å²) in [4.78, 5) is 0. The molecule has 0 spiro atoms. The Kier molecular flexibility index (Phi) is 2.85. The number of rotatable bonds is 4. The Morgan fingerprint density at radius 1 is 1.26 bits per heavy atom. The van der Waals surface area contributed by atoms with Gasteiger partial charge in [-0.3, -0.25) is 0 Å². The molecule has 3 heteroatoms. The van der Waals surface area contributed by atoms with Gasteiger partial charge in [0.1, 0.15) is 0 Å². The summed E-state index contributed by atoms with van der Waals surface area (Å²) in [6.45, 7) is 4.39. The molecule has 2 aromatic rings. The highest BCUT2D eigenvalue weighted by molar-refractivity contribution is 5.50. The highest BCUT2D eigenvalue weighted by Gasteiger charge is 2.50. The average molecular weight is 256 g/mol. The fourth-order valence-corrected chi connectivity index (χ4v) is 2.85. The largest absolute Gasteiger partial charge is 0.367 e. The third-order valence-corrected chi connectivity index (χ3v) is 3.96. The Hall–Kier alpha value is -1.77. The number of nitrogens with two attached hydrogens (primary N) is 1. The minimum Gasteiger partial charge on any atom is -0.367 e. The van der Waals surface area contributed by atoms with Gasteiger partial charge in [-0.2, -0.15) is 0 Å². The highest BCUT2D eigenvalue weighted by Crippen LogP contribution is 2.54. The van der Waals surface area contributed by atoms with Crippen molar-refractivity contribution in [2.24, 2.45) is 5.92 Å². The lowest BCUT2D eigenvalue weighted by atomic mass is 9.88. The molecule has 1 aromatic heterocycles. The van der Waals surface area contributed by atoms with Crippen molar-refractivity contribution >= 4 is 5.88 Å². The molecule has 0 unspecified atom stereocenters. The molecule has 0 atom stereocenters. The van der Waals surface area contributed by atoms with Crippen LogP contribution in [0.25, 0.3) is 0 Å². The van der Waals surface area contributed by atoms with Gasteiger partial charge in [-0.1, -0.05) is 49.3 Å². The first-order valence-corrected chi connectivity index (χ1v) is 6.93. The van der Waals surface area contributed by atoms with Crippen molar-refractivity contribution in [1.82, 2.24) is 5.16 Å². The summed E-state index contributed by atoms with van der Waals surface area (Å²) < 4.78 is 5.27. The molecular formula is C16H20N2O. The second kappa shape index (κ2) is 4.41. The molecule has 1 saturated carbocycles. The molecule has 0 bridgehead atoms. The van der Waals surface area contributed by atoms with E-state index in [2.05, 4.69) is 43.3 Å². The zero-order valence-corrected chi connectivity index (χ0v) is 11.5. The van der Waals surface area contributed by atoms with Gasteiger partial charge in [0.25, 0.3) is 0 Å². The molecular weight excluding hydrogens is 236 g/mol. The van der Waals surface area contributed by atoms with Gasteiger partial charge in [0.15, 0.2) is 0 Å². The predicted molar refractivity (Wildman–Crippen MR) is 75.9 cm³/mol. The van der Waals surface area contributed by atoms with Crippen LogP contribution in [-0.2, 0) is 11.8 Å². The van der Waals surface area contributed by atoms with Gasteiger partial charge in [-0.05, 0) is 30.7 Å². The van der Waals surface area contributed by atoms with Crippen molar-refractivity contribution in [3.63, 3.8) is 0 Å². The molecule has 1 aromatic carbocycles. The average Bonchev–Trinajstić information content (AvgIpc) is 3.13. The Morgan fingerprint density at radius 3 is 2.53 bits per heavy atom. The van der Waals surface area contributed by atoms with Gasteiger partial charge < -0.3 is 10.3 Å². The molecule has 100 valence electrons. The van der Waals surface area contributed by atoms with Gasteiger partial charge >= 0.3 is 0 Å². The maximum atomic E-state index is 5.96. The lowest BCUT2D eigenvalue weighted by Crippen LogP contribution is -2.13. The monoisotopic (exact) mass is 256 g/mol. The summed E-state index contributed by atoms with van der Waals surface area (Å²) in [5.41, 5.74) is 9.51. The fraction of sp³-hybridized carbons (Fsp3) is 0.438. The van der Waals surface area contributed by atoms with E-state index in [0.717, 1.165) is 30.5 Å². The molecule has 1 aliphatic carbocycles. The summed E-state index contributed by atoms with van der Waals surface area (Å²) in [5, 5.41) is 4.28. The minimum absolute atomic E-state index is 0.0482. The standard InChI is InChI=1S/C16H20N2O/c1-11(2)10-13-14(18-19-15(13)17)16(8-9-16)12-6-4-3-5-7-12/h3-7,11H,8-10,17H2,1-2H3. The van der Waals surface area contributed by atoms with Crippen LogP contribution in [0, 0.1) is 5.92 Å². The van der Waals surface area contributed by atoms with Crippen molar-refractivity contribution < 1.29 is 4.52 Å². The van der Waals surface area contributed by atoms with E-state index in [1.54, 1.807) is 0 Å². The zero-order chi connectivity index (χ0) is 13.5. The Labute approximate surface area is 113 Å². The summed E-state index contributed by atoms with van der Waals surface area (Å²) in [6.07, 6.45) is 3.20. The quantitative estimate of drug-likeness (QED) is 0.910. The van der Waals surface area contributed by atoms with E-state index in [4.69, 9.17) is 10.3 Å². The predicted octanol–water partition coefficient (Wildman–Crippen LogP) is 3.54. The van der Waals surface area contributed by atoms with E-state index >= 15 is 0 Å². The molecule has 1 aliphatic rings. The summed E-state index contributed by atoms with van der Waals surface area (Å²) in [6, 6.07) is 10.6. The van der Waals surface area contributed by atoms with Crippen molar-refractivity contribution in [2.45, 2.75) is 38.5 Å². The molecule has 1 heterocycles. The van der Waals surface area contributed by atoms with Crippen LogP contribution >= 0.6 is 0 Å². The molecule has 3 rings (SSSR count). The van der Waals surface area contributed by atoms with Gasteiger partial charge in [-0.25, -0.2) is 0 Å². The molecule has 19 heavy (non-hydrogen) atoms. The number of anilines is 1. The maximum absolute atomic E-state index is 5.96. The van der Waals surface area contributed by atoms with Crippen LogP contribution in [0.4, 0.5) is 5.88 Å². The molecule has 2 N–H and O–H groups in total. The third-order valence-electron chi connectivity index (χ3n) is 3.96. The first kappa shape index (κ1) is 12.3. The molecule has 3 nitrogen and oxygen atoms in total. The van der Waals surface area contributed by atoms with Crippen LogP contribution in [0.15, 0.2) is 34.9 Å². The van der Waals surface area contributed by atoms with Gasteiger partial charge in [0.05, 0.1) is 5.69 Å². The molecule has 0 amide bonds. The lowest BCUT2D eigenvalue weighted by molar-refractivity contribution is 0.422. The van der Waals surface area contributed by atoms with E-state index in [1.165, 1.54) is 5.56 Å². The SMILES string of the molecule is CC(C)Cc1c(C2(c3ccccc3)CC2)noc1N. The van der Waals surface area contributed by atoms with Crippen LogP contribution in [0.5, 0.6) is 0 Å². The van der Waals surface area contributed by atoms with Crippen LogP contribution in [0.3, 0.4) is 0 Å². The third kappa shape index (κ3) is 2.03. The van der Waals surface area contributed by atoms with Gasteiger partial charge in [0.2, 0.25) is 5.88 Å². The molecule has 1 fully saturated rings. The Bertz CT molecular complexity index is 568. The number of nitrogen functional groups attached to an aromatic ring is 1. The van der Waals surface area contributed by atoms with Crippen LogP contribution in [0.1, 0.15) is 43.5 Å². The van der Waals surface area contributed by atoms with Gasteiger partial charge in [0, 0.05) is 11.0 Å². The van der Waals surface area contributed by atoms with Crippen LogP contribution in [0.2, 0.25) is 0 Å². The molecule has 0 aliphatic heterocycles. The van der Waals surface area contributed by atoms with E-state index in [0.29, 0.717) is 11.8 Å². The topological polar surface area (TPSA) is 52.0 Å². The molecule has 0 saturated heterocycles. The number of benzene rings is 1. The van der Waals surface area contributed by atoms with E-state index in [-0.39, 0.29) is 5.41 Å². The van der Waals surface area contributed by atoms with Crippen molar-refractivity contribution in [3.8, 4) is 0 Å². The van der Waals surface area contributed by atoms with E-state index in [9.17, 15) is 0 Å². The van der Waals surface area contributed by atoms with Crippen molar-refractivity contribution in [3.05, 3.63) is 47.2 Å². The van der Waals surface area contributed by atoms with E-state index in [1.807, 2.05) is 6.07 Å². The Morgan fingerprint density at radius 2 is 1.95 bits per heavy atom. The van der Waals surface area contributed by atoms with Crippen LogP contribution < -0.4 is 5.73 Å². The number of hydrogen-bond acceptors (Lipinski definition) is 3. The summed E-state index contributed by atoms with van der Waals surface area (Å²) in [7, 11) is 0. The maximum Gasteiger partial charge on any atom is 0.225 e. The fourth-order valence-electron chi connectivity index (χ4n) is 2.85. The lowest BCUT2D eigenvalue weighted by Gasteiger charge is -2.15. The smallest absolute Gasteiger partial charge is 0.225 e. The minimum atomic E-state index is 0.0482. The normalized spacial score (nSPS) is 16.8. The molecule has 0 radical (unpaired) electrons.